The van der Waals surface area contributed by atoms with Crippen LogP contribution in [0.4, 0.5) is 13.2 Å². The Labute approximate surface area is 180 Å². The van der Waals surface area contributed by atoms with Crippen LogP contribution in [0, 0.1) is 6.92 Å². The van der Waals surface area contributed by atoms with Gasteiger partial charge >= 0.3 is 12.1 Å². The third-order valence-electron chi connectivity index (χ3n) is 5.05. The van der Waals surface area contributed by atoms with E-state index in [0.717, 1.165) is 23.5 Å². The van der Waals surface area contributed by atoms with Crippen molar-refractivity contribution in [1.82, 2.24) is 14.9 Å². The summed E-state index contributed by atoms with van der Waals surface area (Å²) in [6.07, 6.45) is -4.38. The number of aromatic amines is 1. The molecule has 3 rings (SSSR count). The van der Waals surface area contributed by atoms with Crippen molar-refractivity contribution in [2.45, 2.75) is 39.5 Å². The quantitative estimate of drug-likeness (QED) is 0.549. The predicted molar refractivity (Wildman–Crippen MR) is 112 cm³/mol. The standard InChI is InChI=1S/C21H22F3N3O3S/c1-5-30-20(29)16-11(2)15-18(28)25-17(26-19(15)31-16)12(3)27(4)10-13-6-8-14(9-7-13)21(22,23)24/h6-9,12H,5,10H2,1-4H3,(H,25,26,28). The fourth-order valence-corrected chi connectivity index (χ4v) is 4.27. The lowest BCUT2D eigenvalue weighted by atomic mass is 10.1. The number of esters is 1. The van der Waals surface area contributed by atoms with Crippen molar-refractivity contribution in [3.8, 4) is 0 Å². The maximum Gasteiger partial charge on any atom is 0.416 e. The van der Waals surface area contributed by atoms with E-state index in [0.29, 0.717) is 38.6 Å². The molecule has 6 nitrogen and oxygen atoms in total. The van der Waals surface area contributed by atoms with E-state index in [2.05, 4.69) is 9.97 Å². The number of ether oxygens (including phenoxy) is 1. The van der Waals surface area contributed by atoms with Crippen LogP contribution in [0.25, 0.3) is 10.2 Å². The first-order chi connectivity index (χ1) is 14.5. The van der Waals surface area contributed by atoms with Gasteiger partial charge in [0.2, 0.25) is 0 Å². The number of carbonyl (C=O) groups excluding carboxylic acids is 1. The van der Waals surface area contributed by atoms with E-state index >= 15 is 0 Å². The van der Waals surface area contributed by atoms with Gasteiger partial charge in [0, 0.05) is 6.54 Å². The molecule has 0 radical (unpaired) electrons. The van der Waals surface area contributed by atoms with Gasteiger partial charge in [0.25, 0.3) is 5.56 Å². The van der Waals surface area contributed by atoms with Crippen LogP contribution in [0.2, 0.25) is 0 Å². The number of H-pyrrole nitrogens is 1. The number of aromatic nitrogens is 2. The van der Waals surface area contributed by atoms with Crippen molar-refractivity contribution >= 4 is 27.5 Å². The van der Waals surface area contributed by atoms with E-state index in [9.17, 15) is 22.8 Å². The van der Waals surface area contributed by atoms with Gasteiger partial charge in [-0.05, 0) is 51.1 Å². The number of aryl methyl sites for hydroxylation is 1. The molecule has 0 amide bonds. The minimum Gasteiger partial charge on any atom is -0.462 e. The number of carbonyl (C=O) groups is 1. The Morgan fingerprint density at radius 2 is 1.94 bits per heavy atom. The number of fused-ring (bicyclic) bond motifs is 1. The summed E-state index contributed by atoms with van der Waals surface area (Å²) in [6, 6.07) is 4.63. The summed E-state index contributed by atoms with van der Waals surface area (Å²) < 4.78 is 43.3. The molecule has 0 fully saturated rings. The summed E-state index contributed by atoms with van der Waals surface area (Å²) >= 11 is 1.11. The molecule has 2 heterocycles. The lowest BCUT2D eigenvalue weighted by Gasteiger charge is -2.24. The second kappa shape index (κ2) is 8.80. The van der Waals surface area contributed by atoms with Crippen LogP contribution in [0.5, 0.6) is 0 Å². The topological polar surface area (TPSA) is 75.3 Å². The molecule has 3 aromatic rings. The van der Waals surface area contributed by atoms with E-state index in [1.54, 1.807) is 20.9 Å². The smallest absolute Gasteiger partial charge is 0.416 e. The van der Waals surface area contributed by atoms with E-state index in [4.69, 9.17) is 4.74 Å². The molecule has 0 aliphatic carbocycles. The normalized spacial score (nSPS) is 13.0. The van der Waals surface area contributed by atoms with E-state index in [1.807, 2.05) is 11.8 Å². The van der Waals surface area contributed by atoms with Gasteiger partial charge in [0.05, 0.1) is 23.6 Å². The molecular formula is C21H22F3N3O3S. The average molecular weight is 453 g/mol. The van der Waals surface area contributed by atoms with Gasteiger partial charge in [-0.15, -0.1) is 11.3 Å². The molecular weight excluding hydrogens is 431 g/mol. The largest absolute Gasteiger partial charge is 0.462 e. The molecule has 0 saturated heterocycles. The fraction of sp³-hybridized carbons (Fsp3) is 0.381. The summed E-state index contributed by atoms with van der Waals surface area (Å²) in [6.45, 7) is 5.81. The number of thiophene rings is 1. The Morgan fingerprint density at radius 1 is 1.29 bits per heavy atom. The van der Waals surface area contributed by atoms with Gasteiger partial charge in [-0.25, -0.2) is 9.78 Å². The maximum absolute atomic E-state index is 12.7. The van der Waals surface area contributed by atoms with Crippen molar-refractivity contribution in [1.29, 1.82) is 0 Å². The number of benzene rings is 1. The zero-order chi connectivity index (χ0) is 22.9. The summed E-state index contributed by atoms with van der Waals surface area (Å²) in [5.74, 6) is -0.0833. The summed E-state index contributed by atoms with van der Waals surface area (Å²) in [5.41, 5.74) is 0.180. The number of hydrogen-bond acceptors (Lipinski definition) is 6. The molecule has 31 heavy (non-hydrogen) atoms. The first kappa shape index (κ1) is 23.0. The molecule has 0 saturated carbocycles. The zero-order valence-electron chi connectivity index (χ0n) is 17.5. The Kier molecular flexibility index (Phi) is 6.51. The fourth-order valence-electron chi connectivity index (χ4n) is 3.18. The van der Waals surface area contributed by atoms with E-state index in [1.165, 1.54) is 12.1 Å². The van der Waals surface area contributed by atoms with Crippen molar-refractivity contribution in [3.63, 3.8) is 0 Å². The highest BCUT2D eigenvalue weighted by Crippen LogP contribution is 2.30. The van der Waals surface area contributed by atoms with E-state index < -0.39 is 17.7 Å². The number of halogens is 3. The summed E-state index contributed by atoms with van der Waals surface area (Å²) in [5, 5.41) is 0.356. The second-order valence-electron chi connectivity index (χ2n) is 7.19. The molecule has 1 atom stereocenters. The molecule has 0 spiro atoms. The number of nitrogens with zero attached hydrogens (tertiary/aromatic N) is 2. The SMILES string of the molecule is CCOC(=O)c1sc2nc(C(C)N(C)Cc3ccc(C(F)(F)F)cc3)[nH]c(=O)c2c1C. The minimum absolute atomic E-state index is 0.229. The average Bonchev–Trinajstić information content (AvgIpc) is 3.04. The Bertz CT molecular complexity index is 1150. The molecule has 0 aliphatic heterocycles. The van der Waals surface area contributed by atoms with Gasteiger partial charge in [-0.1, -0.05) is 12.1 Å². The zero-order valence-corrected chi connectivity index (χ0v) is 18.3. The highest BCUT2D eigenvalue weighted by molar-refractivity contribution is 7.20. The lowest BCUT2D eigenvalue weighted by Crippen LogP contribution is -2.26. The maximum atomic E-state index is 12.7. The molecule has 2 aromatic heterocycles. The minimum atomic E-state index is -4.38. The predicted octanol–water partition coefficient (Wildman–Crippen LogP) is 4.68. The molecule has 1 aromatic carbocycles. The number of alkyl halides is 3. The Morgan fingerprint density at radius 3 is 2.52 bits per heavy atom. The lowest BCUT2D eigenvalue weighted by molar-refractivity contribution is -0.137. The van der Waals surface area contributed by atoms with Crippen LogP contribution in [0.1, 0.15) is 52.1 Å². The third-order valence-corrected chi connectivity index (χ3v) is 6.22. The van der Waals surface area contributed by atoms with Crippen LogP contribution in [0.3, 0.4) is 0 Å². The van der Waals surface area contributed by atoms with Crippen LogP contribution >= 0.6 is 11.3 Å². The van der Waals surface area contributed by atoms with Crippen molar-refractivity contribution in [2.75, 3.05) is 13.7 Å². The molecule has 1 N–H and O–H groups in total. The first-order valence-corrected chi connectivity index (χ1v) is 10.4. The van der Waals surface area contributed by atoms with Gasteiger partial charge in [0.15, 0.2) is 0 Å². The first-order valence-electron chi connectivity index (χ1n) is 9.59. The number of rotatable bonds is 6. The Balaban J connectivity index is 1.85. The van der Waals surface area contributed by atoms with Gasteiger partial charge in [-0.3, -0.25) is 9.69 Å². The molecule has 0 aliphatic rings. The summed E-state index contributed by atoms with van der Waals surface area (Å²) in [4.78, 5) is 34.7. The highest BCUT2D eigenvalue weighted by Gasteiger charge is 2.30. The molecule has 0 bridgehead atoms. The molecule has 10 heteroatoms. The third kappa shape index (κ3) is 4.80. The van der Waals surface area contributed by atoms with Crippen LogP contribution in [0.15, 0.2) is 29.1 Å². The van der Waals surface area contributed by atoms with Crippen molar-refractivity contribution < 1.29 is 22.7 Å². The van der Waals surface area contributed by atoms with E-state index in [-0.39, 0.29) is 18.2 Å². The monoisotopic (exact) mass is 453 g/mol. The van der Waals surface area contributed by atoms with Crippen molar-refractivity contribution in [3.05, 3.63) is 62.0 Å². The van der Waals surface area contributed by atoms with Gasteiger partial charge < -0.3 is 9.72 Å². The van der Waals surface area contributed by atoms with Crippen LogP contribution in [-0.2, 0) is 17.5 Å². The van der Waals surface area contributed by atoms with Gasteiger partial charge in [-0.2, -0.15) is 13.2 Å². The Hall–Kier alpha value is -2.72. The van der Waals surface area contributed by atoms with Crippen molar-refractivity contribution in [2.24, 2.45) is 0 Å². The summed E-state index contributed by atoms with van der Waals surface area (Å²) in [7, 11) is 1.79. The van der Waals surface area contributed by atoms with Crippen LogP contribution in [-0.4, -0.2) is 34.5 Å². The molecule has 1 unspecified atom stereocenters. The van der Waals surface area contributed by atoms with Crippen LogP contribution < -0.4 is 5.56 Å². The van der Waals surface area contributed by atoms with Gasteiger partial charge in [0.1, 0.15) is 15.5 Å². The molecule has 166 valence electrons. The highest BCUT2D eigenvalue weighted by atomic mass is 32.1. The number of hydrogen-bond donors (Lipinski definition) is 1. The second-order valence-corrected chi connectivity index (χ2v) is 8.19. The number of nitrogens with one attached hydrogen (secondary N) is 1.